The largest absolute Gasteiger partial charge is 0.482 e. The minimum atomic E-state index is -1.02. The van der Waals surface area contributed by atoms with Crippen LogP contribution in [0.5, 0.6) is 5.75 Å². The fourth-order valence-corrected chi connectivity index (χ4v) is 2.12. The summed E-state index contributed by atoms with van der Waals surface area (Å²) in [5.41, 5.74) is 2.69. The van der Waals surface area contributed by atoms with Gasteiger partial charge in [-0.05, 0) is 35.3 Å². The Morgan fingerprint density at radius 3 is 2.21 bits per heavy atom. The number of benzene rings is 2. The van der Waals surface area contributed by atoms with Crippen molar-refractivity contribution in [3.8, 4) is 5.75 Å². The number of carbonyl (C=O) groups is 2. The molecule has 0 atom stereocenters. The molecule has 2 aromatic carbocycles. The van der Waals surface area contributed by atoms with E-state index in [9.17, 15) is 9.59 Å². The number of carboxylic acid groups (broad SMARTS) is 1. The first-order chi connectivity index (χ1) is 11.5. The predicted molar refractivity (Wildman–Crippen MR) is 93.5 cm³/mol. The third-order valence-electron chi connectivity index (χ3n) is 3.53. The molecule has 2 aromatic rings. The zero-order valence-electron chi connectivity index (χ0n) is 13.7. The maximum Gasteiger partial charge on any atom is 0.341 e. The van der Waals surface area contributed by atoms with Crippen molar-refractivity contribution in [1.82, 2.24) is 0 Å². The summed E-state index contributed by atoms with van der Waals surface area (Å²) in [6.07, 6.45) is 3.25. The van der Waals surface area contributed by atoms with Crippen molar-refractivity contribution in [2.24, 2.45) is 0 Å². The predicted octanol–water partition coefficient (Wildman–Crippen LogP) is 4.17. The zero-order chi connectivity index (χ0) is 17.5. The molecular weight excluding hydrogens is 304 g/mol. The highest BCUT2D eigenvalue weighted by Gasteiger charge is 2.04. The third-order valence-corrected chi connectivity index (χ3v) is 3.53. The highest BCUT2D eigenvalue weighted by atomic mass is 16.5. The van der Waals surface area contributed by atoms with Crippen molar-refractivity contribution in [3.63, 3.8) is 0 Å². The molecule has 0 aliphatic heterocycles. The quantitative estimate of drug-likeness (QED) is 0.613. The fraction of sp³-hybridized carbons (Fsp3) is 0.200. The van der Waals surface area contributed by atoms with Gasteiger partial charge >= 0.3 is 5.97 Å². The van der Waals surface area contributed by atoms with Crippen molar-refractivity contribution in [3.05, 3.63) is 71.3 Å². The molecule has 0 saturated heterocycles. The first-order valence-corrected chi connectivity index (χ1v) is 7.73. The molecule has 24 heavy (non-hydrogen) atoms. The van der Waals surface area contributed by atoms with Gasteiger partial charge in [0.25, 0.3) is 0 Å². The van der Waals surface area contributed by atoms with Crippen LogP contribution in [0.2, 0.25) is 0 Å². The number of ether oxygens (including phenoxy) is 1. The summed E-state index contributed by atoms with van der Waals surface area (Å²) in [4.78, 5) is 22.6. The maximum absolute atomic E-state index is 12.2. The number of rotatable bonds is 7. The van der Waals surface area contributed by atoms with Gasteiger partial charge in [-0.3, -0.25) is 4.79 Å². The molecule has 0 aliphatic rings. The van der Waals surface area contributed by atoms with Crippen molar-refractivity contribution in [1.29, 1.82) is 0 Å². The molecule has 0 amide bonds. The second kappa shape index (κ2) is 8.11. The third kappa shape index (κ3) is 5.09. The minimum absolute atomic E-state index is 0.0588. The molecule has 1 N–H and O–H groups in total. The summed E-state index contributed by atoms with van der Waals surface area (Å²) in [6, 6.07) is 14.5. The number of ketones is 1. The van der Waals surface area contributed by atoms with Crippen LogP contribution in [-0.2, 0) is 4.79 Å². The highest BCUT2D eigenvalue weighted by molar-refractivity contribution is 6.06. The van der Waals surface area contributed by atoms with Crippen LogP contribution in [-0.4, -0.2) is 23.5 Å². The molecule has 0 radical (unpaired) electrons. The van der Waals surface area contributed by atoms with Crippen LogP contribution in [0, 0.1) is 0 Å². The van der Waals surface area contributed by atoms with Gasteiger partial charge in [-0.1, -0.05) is 56.3 Å². The molecule has 4 nitrogen and oxygen atoms in total. The van der Waals surface area contributed by atoms with Gasteiger partial charge in [-0.2, -0.15) is 0 Å². The number of allylic oxidation sites excluding steroid dienone is 1. The van der Waals surface area contributed by atoms with E-state index in [0.29, 0.717) is 17.2 Å². The average molecular weight is 324 g/mol. The van der Waals surface area contributed by atoms with Crippen LogP contribution in [0.3, 0.4) is 0 Å². The second-order valence-electron chi connectivity index (χ2n) is 5.73. The summed E-state index contributed by atoms with van der Waals surface area (Å²) in [7, 11) is 0. The van der Waals surface area contributed by atoms with Gasteiger partial charge in [0.05, 0.1) is 0 Å². The Labute approximate surface area is 141 Å². The van der Waals surface area contributed by atoms with E-state index in [0.717, 1.165) is 5.56 Å². The standard InChI is InChI=1S/C20H20O4/c1-14(2)16-6-8-17(9-7-16)19(21)12-5-15-3-10-18(11-4-15)24-13-20(22)23/h3-12,14H,13H2,1-2H3,(H,22,23)/b12-5+. The smallest absolute Gasteiger partial charge is 0.341 e. The Morgan fingerprint density at radius 1 is 1.04 bits per heavy atom. The van der Waals surface area contributed by atoms with E-state index in [1.54, 1.807) is 30.3 Å². The van der Waals surface area contributed by atoms with Gasteiger partial charge in [0.15, 0.2) is 12.4 Å². The lowest BCUT2D eigenvalue weighted by atomic mass is 10.0. The summed E-state index contributed by atoms with van der Waals surface area (Å²) < 4.78 is 5.06. The molecule has 2 rings (SSSR count). The molecule has 0 spiro atoms. The number of carbonyl (C=O) groups excluding carboxylic acids is 1. The van der Waals surface area contributed by atoms with E-state index in [-0.39, 0.29) is 12.4 Å². The normalized spacial score (nSPS) is 11.0. The van der Waals surface area contributed by atoms with E-state index in [4.69, 9.17) is 9.84 Å². The first-order valence-electron chi connectivity index (χ1n) is 7.73. The molecule has 0 fully saturated rings. The Morgan fingerprint density at radius 2 is 1.67 bits per heavy atom. The van der Waals surface area contributed by atoms with Gasteiger partial charge in [-0.15, -0.1) is 0 Å². The van der Waals surface area contributed by atoms with E-state index >= 15 is 0 Å². The minimum Gasteiger partial charge on any atom is -0.482 e. The van der Waals surface area contributed by atoms with E-state index < -0.39 is 5.97 Å². The topological polar surface area (TPSA) is 63.6 Å². The molecule has 124 valence electrons. The van der Waals surface area contributed by atoms with Gasteiger partial charge in [0.1, 0.15) is 5.75 Å². The lowest BCUT2D eigenvalue weighted by molar-refractivity contribution is -0.139. The highest BCUT2D eigenvalue weighted by Crippen LogP contribution is 2.16. The van der Waals surface area contributed by atoms with Crippen molar-refractivity contribution < 1.29 is 19.4 Å². The number of hydrogen-bond acceptors (Lipinski definition) is 3. The monoisotopic (exact) mass is 324 g/mol. The number of aliphatic carboxylic acids is 1. The summed E-state index contributed by atoms with van der Waals surface area (Å²) in [6.45, 7) is 3.85. The Balaban J connectivity index is 1.99. The van der Waals surface area contributed by atoms with Gasteiger partial charge in [0, 0.05) is 5.56 Å². The summed E-state index contributed by atoms with van der Waals surface area (Å²) in [5, 5.41) is 8.56. The molecular formula is C20H20O4. The van der Waals surface area contributed by atoms with E-state index in [1.807, 2.05) is 24.3 Å². The summed E-state index contributed by atoms with van der Waals surface area (Å²) in [5.74, 6) is -0.165. The summed E-state index contributed by atoms with van der Waals surface area (Å²) >= 11 is 0. The first kappa shape index (κ1) is 17.5. The SMILES string of the molecule is CC(C)c1ccc(C(=O)/C=C/c2ccc(OCC(=O)O)cc2)cc1. The van der Waals surface area contributed by atoms with Crippen LogP contribution in [0.4, 0.5) is 0 Å². The number of carboxylic acids is 1. The molecule has 0 saturated carbocycles. The van der Waals surface area contributed by atoms with Crippen LogP contribution >= 0.6 is 0 Å². The van der Waals surface area contributed by atoms with Crippen LogP contribution in [0.15, 0.2) is 54.6 Å². The lowest BCUT2D eigenvalue weighted by Gasteiger charge is -2.05. The van der Waals surface area contributed by atoms with Crippen molar-refractivity contribution >= 4 is 17.8 Å². The molecule has 0 aliphatic carbocycles. The Hall–Kier alpha value is -2.88. The van der Waals surface area contributed by atoms with Crippen LogP contribution < -0.4 is 4.74 Å². The van der Waals surface area contributed by atoms with E-state index in [2.05, 4.69) is 13.8 Å². The lowest BCUT2D eigenvalue weighted by Crippen LogP contribution is -2.09. The van der Waals surface area contributed by atoms with Crippen molar-refractivity contribution in [2.45, 2.75) is 19.8 Å². The van der Waals surface area contributed by atoms with Crippen LogP contribution in [0.1, 0.15) is 41.3 Å². The molecule has 0 bridgehead atoms. The average Bonchev–Trinajstić information content (AvgIpc) is 2.58. The Bertz CT molecular complexity index is 725. The molecule has 4 heteroatoms. The number of hydrogen-bond donors (Lipinski definition) is 1. The zero-order valence-corrected chi connectivity index (χ0v) is 13.7. The molecule has 0 heterocycles. The molecule has 0 unspecified atom stereocenters. The van der Waals surface area contributed by atoms with Crippen molar-refractivity contribution in [2.75, 3.05) is 6.61 Å². The second-order valence-corrected chi connectivity index (χ2v) is 5.73. The van der Waals surface area contributed by atoms with Gasteiger partial charge in [-0.25, -0.2) is 4.79 Å². The van der Waals surface area contributed by atoms with Gasteiger partial charge in [0.2, 0.25) is 0 Å². The Kier molecular flexibility index (Phi) is 5.90. The maximum atomic E-state index is 12.2. The molecule has 0 aromatic heterocycles. The fourth-order valence-electron chi connectivity index (χ4n) is 2.12. The van der Waals surface area contributed by atoms with Crippen LogP contribution in [0.25, 0.3) is 6.08 Å². The van der Waals surface area contributed by atoms with Gasteiger partial charge < -0.3 is 9.84 Å². The van der Waals surface area contributed by atoms with E-state index in [1.165, 1.54) is 11.6 Å².